The number of hydrogen-bond acceptors (Lipinski definition) is 3. The van der Waals surface area contributed by atoms with Crippen LogP contribution in [-0.2, 0) is 9.53 Å². The van der Waals surface area contributed by atoms with Gasteiger partial charge in [-0.05, 0) is 0 Å². The van der Waals surface area contributed by atoms with Gasteiger partial charge in [-0.25, -0.2) is 14.0 Å². The highest BCUT2D eigenvalue weighted by molar-refractivity contribution is 5.74. The molecule has 0 rings (SSSR count). The summed E-state index contributed by atoms with van der Waals surface area (Å²) in [6.07, 6.45) is -1.65. The summed E-state index contributed by atoms with van der Waals surface area (Å²) >= 11 is 0. The van der Waals surface area contributed by atoms with Crippen LogP contribution in [0.1, 0.15) is 0 Å². The molecule has 74 valence electrons. The van der Waals surface area contributed by atoms with Crippen LogP contribution in [0, 0.1) is 0 Å². The van der Waals surface area contributed by atoms with Gasteiger partial charge in [-0.1, -0.05) is 12.7 Å². The van der Waals surface area contributed by atoms with E-state index in [2.05, 4.69) is 11.3 Å². The lowest BCUT2D eigenvalue weighted by atomic mass is 10.4. The fourth-order valence-corrected chi connectivity index (χ4v) is 0.446. The van der Waals surface area contributed by atoms with Crippen molar-refractivity contribution in [2.24, 2.45) is 0 Å². The molecule has 13 heavy (non-hydrogen) atoms. The number of hydrogen-bond donors (Lipinski definition) is 2. The lowest BCUT2D eigenvalue weighted by Crippen LogP contribution is -2.34. The maximum atomic E-state index is 12.3. The quantitative estimate of drug-likeness (QED) is 0.613. The Morgan fingerprint density at radius 3 is 2.77 bits per heavy atom. The zero-order chi connectivity index (χ0) is 10.3. The number of carboxylic acid groups (broad SMARTS) is 1. The average Bonchev–Trinajstić information content (AvgIpc) is 2.10. The first-order valence-corrected chi connectivity index (χ1v) is 3.46. The molecule has 0 aliphatic carbocycles. The Morgan fingerprint density at radius 2 is 2.31 bits per heavy atom. The molecule has 0 bridgehead atoms. The summed E-state index contributed by atoms with van der Waals surface area (Å²) in [6, 6.07) is 0. The van der Waals surface area contributed by atoms with Gasteiger partial charge in [-0.3, -0.25) is 0 Å². The number of ether oxygens (including phenoxy) is 1. The summed E-state index contributed by atoms with van der Waals surface area (Å²) in [7, 11) is 0. The minimum absolute atomic E-state index is 0.00411. The van der Waals surface area contributed by atoms with Crippen molar-refractivity contribution in [3.05, 3.63) is 12.7 Å². The molecule has 5 nitrogen and oxygen atoms in total. The molecule has 0 spiro atoms. The van der Waals surface area contributed by atoms with Crippen molar-refractivity contribution < 1.29 is 23.8 Å². The molecule has 0 radical (unpaired) electrons. The van der Waals surface area contributed by atoms with E-state index >= 15 is 0 Å². The van der Waals surface area contributed by atoms with Crippen molar-refractivity contribution in [1.82, 2.24) is 5.32 Å². The zero-order valence-electron chi connectivity index (χ0n) is 6.83. The van der Waals surface area contributed by atoms with E-state index in [0.717, 1.165) is 0 Å². The number of alkyl halides is 1. The Balaban J connectivity index is 3.57. The van der Waals surface area contributed by atoms with Gasteiger partial charge in [0.15, 0.2) is 0 Å². The van der Waals surface area contributed by atoms with Crippen LogP contribution in [0.4, 0.5) is 9.18 Å². The van der Waals surface area contributed by atoms with E-state index in [1.165, 1.54) is 6.08 Å². The van der Waals surface area contributed by atoms with Crippen LogP contribution in [0.15, 0.2) is 12.7 Å². The second-order valence-corrected chi connectivity index (χ2v) is 2.07. The van der Waals surface area contributed by atoms with E-state index in [4.69, 9.17) is 5.11 Å². The molecular weight excluding hydrogens is 181 g/mol. The summed E-state index contributed by atoms with van der Waals surface area (Å²) in [5.74, 6) is -1.62. The molecule has 0 saturated carbocycles. The smallest absolute Gasteiger partial charge is 0.407 e. The van der Waals surface area contributed by atoms with E-state index in [-0.39, 0.29) is 6.61 Å². The number of carbonyl (C=O) groups excluding carboxylic acids is 1. The Labute approximate surface area is 74.2 Å². The molecule has 1 atom stereocenters. The number of carboxylic acids is 1. The van der Waals surface area contributed by atoms with Crippen LogP contribution in [0.5, 0.6) is 0 Å². The number of amides is 1. The summed E-state index contributed by atoms with van der Waals surface area (Å²) in [5.41, 5.74) is 0. The lowest BCUT2D eigenvalue weighted by Gasteiger charge is -2.05. The van der Waals surface area contributed by atoms with Gasteiger partial charge in [0.2, 0.25) is 6.17 Å². The standard InChI is InChI=1S/C7H10FNO4/c1-2-3-13-7(12)9-4-5(8)6(10)11/h2,5H,1,3-4H2,(H,9,12)(H,10,11). The van der Waals surface area contributed by atoms with Crippen LogP contribution < -0.4 is 5.32 Å². The zero-order valence-corrected chi connectivity index (χ0v) is 6.83. The first kappa shape index (κ1) is 11.4. The van der Waals surface area contributed by atoms with Gasteiger partial charge in [0.05, 0.1) is 6.54 Å². The minimum atomic E-state index is -2.11. The molecule has 0 aromatic carbocycles. The first-order chi connectivity index (χ1) is 6.07. The van der Waals surface area contributed by atoms with Crippen LogP contribution >= 0.6 is 0 Å². The third kappa shape index (κ3) is 5.66. The normalized spacial score (nSPS) is 11.5. The monoisotopic (exact) mass is 191 g/mol. The Kier molecular flexibility index (Phi) is 5.25. The Bertz CT molecular complexity index is 207. The molecule has 0 saturated heterocycles. The van der Waals surface area contributed by atoms with Crippen LogP contribution in [0.2, 0.25) is 0 Å². The molecule has 0 heterocycles. The Hall–Kier alpha value is -1.59. The van der Waals surface area contributed by atoms with Gasteiger partial charge < -0.3 is 15.2 Å². The third-order valence-corrected chi connectivity index (χ3v) is 1.03. The van der Waals surface area contributed by atoms with E-state index in [9.17, 15) is 14.0 Å². The van der Waals surface area contributed by atoms with Gasteiger partial charge in [0.1, 0.15) is 6.61 Å². The second kappa shape index (κ2) is 5.99. The van der Waals surface area contributed by atoms with E-state index < -0.39 is 24.8 Å². The number of nitrogens with one attached hydrogen (secondary N) is 1. The van der Waals surface area contributed by atoms with Crippen molar-refractivity contribution in [3.63, 3.8) is 0 Å². The minimum Gasteiger partial charge on any atom is -0.479 e. The molecular formula is C7H10FNO4. The fourth-order valence-electron chi connectivity index (χ4n) is 0.446. The first-order valence-electron chi connectivity index (χ1n) is 3.46. The molecule has 1 amide bonds. The van der Waals surface area contributed by atoms with Crippen molar-refractivity contribution >= 4 is 12.1 Å². The van der Waals surface area contributed by atoms with Crippen LogP contribution in [0.3, 0.4) is 0 Å². The average molecular weight is 191 g/mol. The van der Waals surface area contributed by atoms with Crippen LogP contribution in [-0.4, -0.2) is 36.5 Å². The molecule has 2 N–H and O–H groups in total. The predicted molar refractivity (Wildman–Crippen MR) is 42.1 cm³/mol. The number of rotatable bonds is 5. The highest BCUT2D eigenvalue weighted by Gasteiger charge is 2.16. The second-order valence-electron chi connectivity index (χ2n) is 2.07. The predicted octanol–water partition coefficient (Wildman–Crippen LogP) is 0.321. The van der Waals surface area contributed by atoms with Gasteiger partial charge in [-0.2, -0.15) is 0 Å². The molecule has 6 heteroatoms. The van der Waals surface area contributed by atoms with Gasteiger partial charge >= 0.3 is 12.1 Å². The largest absolute Gasteiger partial charge is 0.479 e. The van der Waals surface area contributed by atoms with Gasteiger partial charge in [0.25, 0.3) is 0 Å². The summed E-state index contributed by atoms with van der Waals surface area (Å²) in [4.78, 5) is 20.5. The molecule has 0 aliphatic heterocycles. The van der Waals surface area contributed by atoms with Crippen molar-refractivity contribution in [2.45, 2.75) is 6.17 Å². The number of carbonyl (C=O) groups is 2. The van der Waals surface area contributed by atoms with Crippen molar-refractivity contribution in [3.8, 4) is 0 Å². The summed E-state index contributed by atoms with van der Waals surface area (Å²) in [5, 5.41) is 10.0. The summed E-state index contributed by atoms with van der Waals surface area (Å²) < 4.78 is 16.7. The van der Waals surface area contributed by atoms with E-state index in [0.29, 0.717) is 0 Å². The van der Waals surface area contributed by atoms with Crippen molar-refractivity contribution in [1.29, 1.82) is 0 Å². The maximum absolute atomic E-state index is 12.3. The van der Waals surface area contributed by atoms with E-state index in [1.54, 1.807) is 0 Å². The van der Waals surface area contributed by atoms with Crippen LogP contribution in [0.25, 0.3) is 0 Å². The lowest BCUT2D eigenvalue weighted by molar-refractivity contribution is -0.142. The van der Waals surface area contributed by atoms with Gasteiger partial charge in [0, 0.05) is 0 Å². The molecule has 0 aliphatic rings. The SMILES string of the molecule is C=CCOC(=O)NCC(F)C(=O)O. The molecule has 0 aromatic heterocycles. The topological polar surface area (TPSA) is 75.6 Å². The van der Waals surface area contributed by atoms with Gasteiger partial charge in [-0.15, -0.1) is 0 Å². The molecule has 1 unspecified atom stereocenters. The Morgan fingerprint density at radius 1 is 1.69 bits per heavy atom. The highest BCUT2D eigenvalue weighted by Crippen LogP contribution is 1.88. The maximum Gasteiger partial charge on any atom is 0.407 e. The molecule has 0 fully saturated rings. The number of halogens is 1. The highest BCUT2D eigenvalue weighted by atomic mass is 19.1. The van der Waals surface area contributed by atoms with E-state index in [1.807, 2.05) is 5.32 Å². The third-order valence-electron chi connectivity index (χ3n) is 1.03. The molecule has 0 aromatic rings. The number of alkyl carbamates (subject to hydrolysis) is 1. The summed E-state index contributed by atoms with van der Waals surface area (Å²) in [6.45, 7) is 2.67. The fraction of sp³-hybridized carbons (Fsp3) is 0.429. The van der Waals surface area contributed by atoms with Crippen molar-refractivity contribution in [2.75, 3.05) is 13.2 Å². The number of aliphatic carboxylic acids is 1.